The zero-order chi connectivity index (χ0) is 82.6. The van der Waals surface area contributed by atoms with Crippen LogP contribution in [-0.2, 0) is 21.7 Å². The minimum atomic E-state index is -0.629. The van der Waals surface area contributed by atoms with Crippen molar-refractivity contribution in [1.29, 1.82) is 0 Å². The van der Waals surface area contributed by atoms with Gasteiger partial charge in [0.15, 0.2) is 11.6 Å². The number of rotatable bonds is 6. The Morgan fingerprint density at radius 2 is 0.405 bits per heavy atom. The standard InChI is InChI=1S/C60H37N3.C59H36N4/c1-3-19-38(20-4-1)53-37-54(39-21-5-2-6-22-39)62-58(61-53)63-55-34-18-10-25-42(55)43-35-36-52-56(57(43)63)44-26-9-13-29-47(44)60(52)50-32-16-14-30-48(50)59(49-31-15-17-33-51(49)60)45-27-11-7-23-40(45)41-24-8-12-28-46(41)59;1-3-19-37(20-4-1)55-60-56(38-21-5-2-6-22-38)62-57(61-55)63-52-34-18-10-25-41(52)42-35-36-51-53(54(42)63)43-26-9-13-29-46(43)59(51)49-32-16-14-30-47(49)58(48-31-15-17-33-50(48)59)44-27-11-7-23-39(44)40-24-8-12-28-45(40)58/h1-37H;1-36H. The molecule has 22 aromatic rings. The van der Waals surface area contributed by atoms with Crippen LogP contribution in [0, 0.1) is 0 Å². The Labute approximate surface area is 727 Å². The van der Waals surface area contributed by atoms with Crippen LogP contribution in [0.5, 0.6) is 0 Å². The van der Waals surface area contributed by atoms with E-state index in [0.717, 1.165) is 66.5 Å². The first-order valence-electron chi connectivity index (χ1n) is 43.5. The fourth-order valence-electron chi connectivity index (χ4n) is 23.9. The van der Waals surface area contributed by atoms with Crippen molar-refractivity contribution in [3.63, 3.8) is 0 Å². The maximum Gasteiger partial charge on any atom is 0.238 e. The third-order valence-electron chi connectivity index (χ3n) is 28.5. The highest BCUT2D eigenvalue weighted by atomic mass is 15.2. The van der Waals surface area contributed by atoms with Crippen LogP contribution in [0.15, 0.2) is 443 Å². The predicted molar refractivity (Wildman–Crippen MR) is 509 cm³/mol. The van der Waals surface area contributed by atoms with Gasteiger partial charge in [0.25, 0.3) is 0 Å². The van der Waals surface area contributed by atoms with Crippen LogP contribution >= 0.6 is 0 Å². The molecule has 0 unspecified atom stereocenters. The average Bonchev–Trinajstić information content (AvgIpc) is 1.46. The van der Waals surface area contributed by atoms with Gasteiger partial charge < -0.3 is 0 Å². The normalized spacial score (nSPS) is 14.3. The Morgan fingerprint density at radius 1 is 0.167 bits per heavy atom. The summed E-state index contributed by atoms with van der Waals surface area (Å²) < 4.78 is 4.66. The van der Waals surface area contributed by atoms with Crippen LogP contribution in [0.1, 0.15) is 89.0 Å². The van der Waals surface area contributed by atoms with Crippen LogP contribution in [-0.4, -0.2) is 34.1 Å². The molecule has 4 heterocycles. The molecule has 6 aliphatic rings. The molecule has 0 N–H and O–H groups in total. The quantitative estimate of drug-likeness (QED) is 0.166. The molecule has 18 aromatic carbocycles. The summed E-state index contributed by atoms with van der Waals surface area (Å²) in [6.07, 6.45) is 0. The lowest BCUT2D eigenvalue weighted by atomic mass is 9.52. The monoisotopic (exact) mass is 1600 g/mol. The molecular formula is C119H73N7. The summed E-state index contributed by atoms with van der Waals surface area (Å²) in [5.74, 6) is 2.50. The molecule has 126 heavy (non-hydrogen) atoms. The molecule has 4 spiro atoms. The van der Waals surface area contributed by atoms with Gasteiger partial charge in [0, 0.05) is 54.9 Å². The highest BCUT2D eigenvalue weighted by Gasteiger charge is 2.62. The molecule has 7 heteroatoms. The summed E-state index contributed by atoms with van der Waals surface area (Å²) in [7, 11) is 0. The Bertz CT molecular complexity index is 7570. The van der Waals surface area contributed by atoms with Crippen molar-refractivity contribution in [2.75, 3.05) is 0 Å². The largest absolute Gasteiger partial charge is 0.277 e. The summed E-state index contributed by atoms with van der Waals surface area (Å²) in [4.78, 5) is 26.8. The minimum Gasteiger partial charge on any atom is -0.277 e. The number of aromatic nitrogens is 7. The van der Waals surface area contributed by atoms with Gasteiger partial charge in [-0.15, -0.1) is 0 Å². The Morgan fingerprint density at radius 3 is 0.722 bits per heavy atom. The van der Waals surface area contributed by atoms with Crippen LogP contribution in [0.25, 0.3) is 145 Å². The smallest absolute Gasteiger partial charge is 0.238 e. The molecule has 0 saturated carbocycles. The van der Waals surface area contributed by atoms with E-state index in [0.29, 0.717) is 23.5 Å². The van der Waals surface area contributed by atoms with Gasteiger partial charge in [-0.2, -0.15) is 9.97 Å². The molecule has 0 amide bonds. The van der Waals surface area contributed by atoms with Gasteiger partial charge in [0.05, 0.1) is 55.1 Å². The van der Waals surface area contributed by atoms with Gasteiger partial charge in [0.1, 0.15) is 0 Å². The van der Waals surface area contributed by atoms with Crippen LogP contribution < -0.4 is 0 Å². The van der Waals surface area contributed by atoms with E-state index < -0.39 is 21.7 Å². The van der Waals surface area contributed by atoms with Crippen molar-refractivity contribution in [1.82, 2.24) is 34.1 Å². The second-order valence-corrected chi connectivity index (χ2v) is 34.1. The molecule has 0 saturated heterocycles. The number of fused-ring (bicyclic) bond motifs is 40. The number of hydrogen-bond donors (Lipinski definition) is 0. The Hall–Kier alpha value is -16.4. The highest BCUT2D eigenvalue weighted by Crippen LogP contribution is 2.71. The number of hydrogen-bond acceptors (Lipinski definition) is 5. The molecule has 7 nitrogen and oxygen atoms in total. The molecular weight excluding hydrogens is 1530 g/mol. The predicted octanol–water partition coefficient (Wildman–Crippen LogP) is 27.3. The molecule has 0 aliphatic heterocycles. The lowest BCUT2D eigenvalue weighted by Gasteiger charge is -2.48. The van der Waals surface area contributed by atoms with Crippen molar-refractivity contribution in [2.24, 2.45) is 0 Å². The summed E-state index contributed by atoms with van der Waals surface area (Å²) in [6.45, 7) is 0. The molecule has 6 aliphatic carbocycles. The first-order valence-corrected chi connectivity index (χ1v) is 43.5. The Kier molecular flexibility index (Phi) is 14.8. The van der Waals surface area contributed by atoms with Gasteiger partial charge in [-0.05, 0) is 141 Å². The van der Waals surface area contributed by atoms with E-state index in [2.05, 4.69) is 416 Å². The molecule has 0 radical (unpaired) electrons. The molecule has 4 aromatic heterocycles. The maximum atomic E-state index is 5.47. The Balaban J connectivity index is 0.000000131. The summed E-state index contributed by atoms with van der Waals surface area (Å²) in [5.41, 5.74) is 38.9. The van der Waals surface area contributed by atoms with Crippen molar-refractivity contribution in [3.05, 3.63) is 532 Å². The van der Waals surface area contributed by atoms with E-state index in [9.17, 15) is 0 Å². The van der Waals surface area contributed by atoms with Crippen molar-refractivity contribution < 1.29 is 0 Å². The molecule has 0 bridgehead atoms. The van der Waals surface area contributed by atoms with Gasteiger partial charge in [-0.1, -0.05) is 425 Å². The van der Waals surface area contributed by atoms with Crippen LogP contribution in [0.2, 0.25) is 0 Å². The molecule has 28 rings (SSSR count). The zero-order valence-electron chi connectivity index (χ0n) is 68.3. The minimum absolute atomic E-state index is 0.498. The van der Waals surface area contributed by atoms with Crippen molar-refractivity contribution in [3.8, 4) is 102 Å². The zero-order valence-corrected chi connectivity index (χ0v) is 68.3. The van der Waals surface area contributed by atoms with E-state index in [1.807, 2.05) is 36.4 Å². The lowest BCUT2D eigenvalue weighted by molar-refractivity contribution is 0.633. The molecule has 0 fully saturated rings. The fraction of sp³-hybridized carbons (Fsp3) is 0.0336. The third kappa shape index (κ3) is 9.16. The van der Waals surface area contributed by atoms with Crippen LogP contribution in [0.4, 0.5) is 0 Å². The van der Waals surface area contributed by atoms with E-state index >= 15 is 0 Å². The van der Waals surface area contributed by atoms with Gasteiger partial charge in [0.2, 0.25) is 11.9 Å². The summed E-state index contributed by atoms with van der Waals surface area (Å²) >= 11 is 0. The summed E-state index contributed by atoms with van der Waals surface area (Å²) in [5, 5.41) is 4.66. The highest BCUT2D eigenvalue weighted by molar-refractivity contribution is 6.18. The SMILES string of the molecule is c1ccc(-c2cc(-c3ccccc3)nc(-n3c4ccccc4c4ccc5c(c43)-c3ccccc3C53c4ccccc4C4(c5ccccc5-c5ccccc54)c4ccccc43)n2)cc1.c1ccc(-c2nc(-c3ccccc3)nc(-n3c4ccccc4c4ccc5c(c43)-c3ccccc3C53c4ccccc4C4(c5ccccc5-c5ccccc54)c4ccccc43)n2)cc1. The van der Waals surface area contributed by atoms with Gasteiger partial charge in [-0.25, -0.2) is 15.0 Å². The van der Waals surface area contributed by atoms with Gasteiger partial charge >= 0.3 is 0 Å². The van der Waals surface area contributed by atoms with Crippen molar-refractivity contribution in [2.45, 2.75) is 21.7 Å². The third-order valence-corrected chi connectivity index (χ3v) is 28.5. The first kappa shape index (κ1) is 70.3. The second kappa shape index (κ2) is 26.6. The van der Waals surface area contributed by atoms with Crippen LogP contribution in [0.3, 0.4) is 0 Å². The van der Waals surface area contributed by atoms with E-state index in [1.54, 1.807) is 0 Å². The van der Waals surface area contributed by atoms with E-state index in [4.69, 9.17) is 24.9 Å². The number of nitrogens with zero attached hydrogens (tertiary/aromatic N) is 7. The topological polar surface area (TPSA) is 74.3 Å². The fourth-order valence-corrected chi connectivity index (χ4v) is 23.9. The molecule has 0 atom stereocenters. The summed E-state index contributed by atoms with van der Waals surface area (Å²) in [6, 6.07) is 162. The van der Waals surface area contributed by atoms with E-state index in [1.165, 1.54) is 144 Å². The van der Waals surface area contributed by atoms with Crippen molar-refractivity contribution >= 4 is 43.6 Å². The number of para-hydroxylation sites is 2. The molecule has 584 valence electrons. The average molecular weight is 1600 g/mol. The second-order valence-electron chi connectivity index (χ2n) is 34.1. The number of benzene rings is 18. The van der Waals surface area contributed by atoms with E-state index in [-0.39, 0.29) is 0 Å². The lowest BCUT2D eigenvalue weighted by Crippen LogP contribution is -2.43. The van der Waals surface area contributed by atoms with Gasteiger partial charge in [-0.3, -0.25) is 9.13 Å². The first-order chi connectivity index (χ1) is 62.5. The maximum absolute atomic E-state index is 5.47.